The third-order valence-corrected chi connectivity index (χ3v) is 6.15. The van der Waals surface area contributed by atoms with Crippen LogP contribution in [0.15, 0.2) is 29.3 Å². The fourth-order valence-electron chi connectivity index (χ4n) is 2.89. The van der Waals surface area contributed by atoms with Gasteiger partial charge in [0.25, 0.3) is 5.56 Å². The van der Waals surface area contributed by atoms with Crippen molar-refractivity contribution in [3.8, 4) is 5.75 Å². The van der Waals surface area contributed by atoms with Crippen LogP contribution in [0.3, 0.4) is 0 Å². The molecule has 34 heavy (non-hydrogen) atoms. The van der Waals surface area contributed by atoms with Crippen molar-refractivity contribution in [2.24, 2.45) is 0 Å². The minimum absolute atomic E-state index is 0.00952. The predicted octanol–water partition coefficient (Wildman–Crippen LogP) is 2.02. The maximum atomic E-state index is 11.9. The summed E-state index contributed by atoms with van der Waals surface area (Å²) in [6, 6.07) is 5.35. The topological polar surface area (TPSA) is 156 Å². The maximum absolute atomic E-state index is 11.9. The number of benzene rings is 1. The van der Waals surface area contributed by atoms with Gasteiger partial charge in [0.05, 0.1) is 44.8 Å². The van der Waals surface area contributed by atoms with Crippen LogP contribution in [-0.4, -0.2) is 58.7 Å². The summed E-state index contributed by atoms with van der Waals surface area (Å²) in [5.41, 5.74) is 6.64. The van der Waals surface area contributed by atoms with Crippen molar-refractivity contribution in [2.75, 3.05) is 38.9 Å². The molecular formula is C20H26ClN6O6P. The summed E-state index contributed by atoms with van der Waals surface area (Å²) in [4.78, 5) is 34.2. The number of anilines is 1. The lowest BCUT2D eigenvalue weighted by Gasteiger charge is -2.19. The minimum Gasteiger partial charge on any atom is -0.495 e. The Bertz CT molecular complexity index is 1170. The molecule has 2 aromatic heterocycles. The van der Waals surface area contributed by atoms with Gasteiger partial charge in [-0.3, -0.25) is 19.7 Å². The Kier molecular flexibility index (Phi) is 9.61. The Morgan fingerprint density at radius 2 is 2.21 bits per heavy atom. The molecule has 3 rings (SSSR count). The zero-order valence-electron chi connectivity index (χ0n) is 18.7. The van der Waals surface area contributed by atoms with Crippen molar-refractivity contribution < 1.29 is 23.5 Å². The number of H-pyrrole nitrogens is 1. The van der Waals surface area contributed by atoms with E-state index in [9.17, 15) is 9.59 Å². The number of halogens is 1. The Morgan fingerprint density at radius 3 is 2.94 bits per heavy atom. The minimum atomic E-state index is -1.33. The SMILES string of the molecule is CCOC(=O)CNP(COCCn1cnc2c(=O)[nH]c(N)nc21)OCc1ccc(OC)c(Cl)c1. The second-order valence-corrected chi connectivity index (χ2v) is 8.86. The van der Waals surface area contributed by atoms with Crippen molar-refractivity contribution in [3.05, 3.63) is 45.5 Å². The van der Waals surface area contributed by atoms with E-state index in [2.05, 4.69) is 20.0 Å². The van der Waals surface area contributed by atoms with Crippen molar-refractivity contribution in [1.29, 1.82) is 0 Å². The van der Waals surface area contributed by atoms with E-state index in [1.807, 2.05) is 6.07 Å². The number of aromatic amines is 1. The van der Waals surface area contributed by atoms with E-state index in [1.54, 1.807) is 30.7 Å². The summed E-state index contributed by atoms with van der Waals surface area (Å²) in [6.07, 6.45) is 1.71. The van der Waals surface area contributed by atoms with Gasteiger partial charge in [-0.25, -0.2) is 4.98 Å². The number of methoxy groups -OCH3 is 1. The summed E-state index contributed by atoms with van der Waals surface area (Å²) in [5.74, 6) is 0.200. The van der Waals surface area contributed by atoms with Gasteiger partial charge >= 0.3 is 5.97 Å². The molecule has 0 aliphatic carbocycles. The Hall–Kier alpha value is -2.76. The lowest BCUT2D eigenvalue weighted by atomic mass is 10.2. The van der Waals surface area contributed by atoms with Gasteiger partial charge < -0.3 is 29.0 Å². The molecule has 0 saturated heterocycles. The molecular weight excluding hydrogens is 487 g/mol. The Balaban J connectivity index is 1.56. The first-order valence-corrected chi connectivity index (χ1v) is 12.1. The van der Waals surface area contributed by atoms with Crippen LogP contribution in [0.2, 0.25) is 5.02 Å². The largest absolute Gasteiger partial charge is 0.495 e. The Labute approximate surface area is 201 Å². The maximum Gasteiger partial charge on any atom is 0.320 e. The second kappa shape index (κ2) is 12.6. The summed E-state index contributed by atoms with van der Waals surface area (Å²) >= 11 is 6.18. The highest BCUT2D eigenvalue weighted by atomic mass is 35.5. The molecule has 0 radical (unpaired) electrons. The number of carbonyl (C=O) groups excluding carboxylic acids is 1. The normalized spacial score (nSPS) is 12.1. The summed E-state index contributed by atoms with van der Waals surface area (Å²) < 4.78 is 23.5. The fourth-order valence-corrected chi connectivity index (χ4v) is 4.33. The summed E-state index contributed by atoms with van der Waals surface area (Å²) in [7, 11) is 0.219. The quantitative estimate of drug-likeness (QED) is 0.176. The molecule has 14 heteroatoms. The molecule has 0 spiro atoms. The first-order chi connectivity index (χ1) is 16.4. The summed E-state index contributed by atoms with van der Waals surface area (Å²) in [5, 5.41) is 3.52. The van der Waals surface area contributed by atoms with Crippen LogP contribution in [0.5, 0.6) is 5.75 Å². The van der Waals surface area contributed by atoms with E-state index in [1.165, 1.54) is 6.33 Å². The fraction of sp³-hybridized carbons (Fsp3) is 0.400. The average Bonchev–Trinajstić information content (AvgIpc) is 3.21. The van der Waals surface area contributed by atoms with Gasteiger partial charge in [0.2, 0.25) is 5.95 Å². The van der Waals surface area contributed by atoms with Gasteiger partial charge in [0.1, 0.15) is 20.4 Å². The van der Waals surface area contributed by atoms with E-state index in [0.717, 1.165) is 5.56 Å². The second-order valence-electron chi connectivity index (χ2n) is 6.86. The smallest absolute Gasteiger partial charge is 0.320 e. The molecule has 0 bridgehead atoms. The molecule has 0 saturated carbocycles. The van der Waals surface area contributed by atoms with Gasteiger partial charge in [0.15, 0.2) is 11.2 Å². The number of rotatable bonds is 13. The third kappa shape index (κ3) is 7.12. The number of nitrogens with two attached hydrogens (primary N) is 1. The van der Waals surface area contributed by atoms with Crippen molar-refractivity contribution >= 4 is 43.0 Å². The van der Waals surface area contributed by atoms with Crippen LogP contribution in [0.4, 0.5) is 5.95 Å². The van der Waals surface area contributed by atoms with E-state index in [4.69, 9.17) is 36.1 Å². The van der Waals surface area contributed by atoms with Crippen LogP contribution in [0.1, 0.15) is 12.5 Å². The molecule has 0 aliphatic heterocycles. The molecule has 0 amide bonds. The number of nitrogen functional groups attached to an aromatic ring is 1. The zero-order chi connectivity index (χ0) is 24.5. The number of aromatic nitrogens is 4. The molecule has 3 aromatic rings. The number of nitrogens with one attached hydrogen (secondary N) is 2. The van der Waals surface area contributed by atoms with Crippen LogP contribution in [0.25, 0.3) is 11.2 Å². The van der Waals surface area contributed by atoms with E-state index < -0.39 is 13.9 Å². The average molecular weight is 513 g/mol. The van der Waals surface area contributed by atoms with E-state index in [-0.39, 0.29) is 43.5 Å². The predicted molar refractivity (Wildman–Crippen MR) is 128 cm³/mol. The van der Waals surface area contributed by atoms with Gasteiger partial charge in [-0.1, -0.05) is 17.7 Å². The molecule has 0 fully saturated rings. The highest BCUT2D eigenvalue weighted by Crippen LogP contribution is 2.34. The number of imidazole rings is 1. The number of esters is 1. The molecule has 184 valence electrons. The Morgan fingerprint density at radius 1 is 1.38 bits per heavy atom. The lowest BCUT2D eigenvalue weighted by molar-refractivity contribution is -0.141. The number of carbonyl (C=O) groups is 1. The number of hydrogen-bond donors (Lipinski definition) is 3. The summed E-state index contributed by atoms with van der Waals surface area (Å²) in [6.45, 7) is 2.96. The lowest BCUT2D eigenvalue weighted by Crippen LogP contribution is -2.23. The van der Waals surface area contributed by atoms with Crippen LogP contribution in [-0.2, 0) is 31.9 Å². The third-order valence-electron chi connectivity index (χ3n) is 4.49. The van der Waals surface area contributed by atoms with Gasteiger partial charge in [-0.2, -0.15) is 4.98 Å². The van der Waals surface area contributed by atoms with Gasteiger partial charge in [-0.15, -0.1) is 0 Å². The highest BCUT2D eigenvalue weighted by Gasteiger charge is 2.14. The zero-order valence-corrected chi connectivity index (χ0v) is 20.4. The number of nitrogens with zero attached hydrogens (tertiary/aromatic N) is 3. The number of ether oxygens (including phenoxy) is 3. The van der Waals surface area contributed by atoms with Crippen LogP contribution >= 0.6 is 19.9 Å². The van der Waals surface area contributed by atoms with Crippen LogP contribution in [0, 0.1) is 0 Å². The van der Waals surface area contributed by atoms with Crippen molar-refractivity contribution in [3.63, 3.8) is 0 Å². The first kappa shape index (κ1) is 25.9. The molecule has 0 aliphatic rings. The molecule has 1 unspecified atom stereocenters. The van der Waals surface area contributed by atoms with Crippen LogP contribution < -0.4 is 21.1 Å². The van der Waals surface area contributed by atoms with Crippen molar-refractivity contribution in [1.82, 2.24) is 24.6 Å². The first-order valence-electron chi connectivity index (χ1n) is 10.3. The van der Waals surface area contributed by atoms with E-state index >= 15 is 0 Å². The number of hydrogen-bond acceptors (Lipinski definition) is 10. The van der Waals surface area contributed by atoms with Gasteiger partial charge in [0, 0.05) is 6.54 Å². The standard InChI is InChI=1S/C20H26ClN6O6P/c1-3-32-16(28)9-24-34(33-10-13-4-5-15(30-2)14(21)8-13)12-31-7-6-27-11-23-17-18(27)25-20(22)26-19(17)29/h4-5,8,11,24H,3,6-7,9-10,12H2,1-2H3,(H3,22,25,26,29). The molecule has 1 aromatic carbocycles. The number of fused-ring (bicyclic) bond motifs is 1. The molecule has 4 N–H and O–H groups in total. The van der Waals surface area contributed by atoms with E-state index in [0.29, 0.717) is 29.6 Å². The van der Waals surface area contributed by atoms with Gasteiger partial charge in [-0.05, 0) is 24.6 Å². The molecule has 12 nitrogen and oxygen atoms in total. The molecule has 1 atom stereocenters. The monoisotopic (exact) mass is 512 g/mol. The van der Waals surface area contributed by atoms with Crippen molar-refractivity contribution in [2.45, 2.75) is 20.1 Å². The molecule has 2 heterocycles. The highest BCUT2D eigenvalue weighted by molar-refractivity contribution is 7.50.